The smallest absolute Gasteiger partial charge is 0.220 e. The van der Waals surface area contributed by atoms with E-state index in [9.17, 15) is 4.79 Å². The van der Waals surface area contributed by atoms with E-state index in [1.165, 1.54) is 0 Å². The number of hydrogen-bond acceptors (Lipinski definition) is 3. The van der Waals surface area contributed by atoms with Gasteiger partial charge < -0.3 is 4.90 Å². The lowest BCUT2D eigenvalue weighted by molar-refractivity contribution is -0.132. The van der Waals surface area contributed by atoms with Gasteiger partial charge in [0.1, 0.15) is 0 Å². The predicted octanol–water partition coefficient (Wildman–Crippen LogP) is 3.22. The third-order valence-corrected chi connectivity index (χ3v) is 3.97. The van der Waals surface area contributed by atoms with Crippen LogP contribution in [0.1, 0.15) is 37.9 Å². The molecule has 1 atom stereocenters. The molecule has 1 aliphatic heterocycles. The Labute approximate surface area is 124 Å². The largest absolute Gasteiger partial charge is 0.334 e. The van der Waals surface area contributed by atoms with Crippen LogP contribution in [0.15, 0.2) is 42.7 Å². The summed E-state index contributed by atoms with van der Waals surface area (Å²) in [5.41, 5.74) is 2.81. The van der Waals surface area contributed by atoms with Crippen molar-refractivity contribution in [2.45, 2.75) is 32.2 Å². The Bertz CT molecular complexity index is 627. The summed E-state index contributed by atoms with van der Waals surface area (Å²) in [6.45, 7) is 2.45. The molecule has 0 saturated carbocycles. The number of likely N-dealkylation sites (tertiary alicyclic amines) is 1. The van der Waals surface area contributed by atoms with Crippen LogP contribution in [0, 0.1) is 0 Å². The van der Waals surface area contributed by atoms with Crippen molar-refractivity contribution in [3.8, 4) is 11.3 Å². The summed E-state index contributed by atoms with van der Waals surface area (Å²) < 4.78 is 0. The Balaban J connectivity index is 1.93. The van der Waals surface area contributed by atoms with Crippen LogP contribution in [0.4, 0.5) is 0 Å². The average molecular weight is 281 g/mol. The minimum absolute atomic E-state index is 0.0624. The summed E-state index contributed by atoms with van der Waals surface area (Å²) in [6, 6.07) is 10.1. The van der Waals surface area contributed by atoms with Crippen LogP contribution in [0.5, 0.6) is 0 Å². The molecule has 0 aliphatic carbocycles. The lowest BCUT2D eigenvalue weighted by atomic mass is 9.99. The third kappa shape index (κ3) is 2.94. The van der Waals surface area contributed by atoms with Crippen LogP contribution < -0.4 is 0 Å². The van der Waals surface area contributed by atoms with Gasteiger partial charge >= 0.3 is 0 Å². The molecule has 0 spiro atoms. The second-order valence-electron chi connectivity index (χ2n) is 5.42. The second kappa shape index (κ2) is 6.04. The number of nitrogens with zero attached hydrogens (tertiary/aromatic N) is 3. The van der Waals surface area contributed by atoms with E-state index in [-0.39, 0.29) is 11.9 Å². The number of piperidine rings is 1. The van der Waals surface area contributed by atoms with E-state index in [4.69, 9.17) is 4.98 Å². The van der Waals surface area contributed by atoms with Gasteiger partial charge in [-0.25, -0.2) is 4.98 Å². The molecular formula is C17H19N3O. The summed E-state index contributed by atoms with van der Waals surface area (Å²) in [5, 5.41) is 0. The SMILES string of the molecule is CC(=O)N1CCCCC1c1cncc(-c2ccccc2)n1. The Morgan fingerprint density at radius 1 is 1.19 bits per heavy atom. The van der Waals surface area contributed by atoms with E-state index in [2.05, 4.69) is 4.98 Å². The van der Waals surface area contributed by atoms with E-state index in [0.29, 0.717) is 0 Å². The van der Waals surface area contributed by atoms with Crippen molar-refractivity contribution in [3.63, 3.8) is 0 Å². The molecule has 1 aromatic heterocycles. The van der Waals surface area contributed by atoms with E-state index in [1.54, 1.807) is 19.3 Å². The fourth-order valence-corrected chi connectivity index (χ4v) is 2.91. The van der Waals surface area contributed by atoms with Gasteiger partial charge in [-0.1, -0.05) is 30.3 Å². The molecule has 1 amide bonds. The van der Waals surface area contributed by atoms with Crippen molar-refractivity contribution < 1.29 is 4.79 Å². The van der Waals surface area contributed by atoms with Crippen molar-refractivity contribution in [2.24, 2.45) is 0 Å². The number of benzene rings is 1. The second-order valence-corrected chi connectivity index (χ2v) is 5.42. The predicted molar refractivity (Wildman–Crippen MR) is 81.4 cm³/mol. The Hall–Kier alpha value is -2.23. The molecule has 1 aromatic carbocycles. The van der Waals surface area contributed by atoms with Gasteiger partial charge in [-0.2, -0.15) is 0 Å². The van der Waals surface area contributed by atoms with Crippen LogP contribution in [0.25, 0.3) is 11.3 Å². The van der Waals surface area contributed by atoms with Crippen LogP contribution in [-0.2, 0) is 4.79 Å². The Kier molecular flexibility index (Phi) is 3.95. The normalized spacial score (nSPS) is 18.5. The zero-order valence-electron chi connectivity index (χ0n) is 12.2. The summed E-state index contributed by atoms with van der Waals surface area (Å²) in [4.78, 5) is 22.8. The van der Waals surface area contributed by atoms with E-state index < -0.39 is 0 Å². The van der Waals surface area contributed by atoms with Crippen molar-refractivity contribution in [3.05, 3.63) is 48.4 Å². The zero-order chi connectivity index (χ0) is 14.7. The third-order valence-electron chi connectivity index (χ3n) is 3.97. The molecule has 4 nitrogen and oxygen atoms in total. The molecule has 21 heavy (non-hydrogen) atoms. The lowest BCUT2D eigenvalue weighted by Crippen LogP contribution is -2.37. The number of hydrogen-bond donors (Lipinski definition) is 0. The van der Waals surface area contributed by atoms with Gasteiger partial charge in [-0.15, -0.1) is 0 Å². The van der Waals surface area contributed by atoms with Gasteiger partial charge in [0.15, 0.2) is 0 Å². The topological polar surface area (TPSA) is 46.1 Å². The van der Waals surface area contributed by atoms with Gasteiger partial charge in [0.2, 0.25) is 5.91 Å². The molecule has 1 fully saturated rings. The molecule has 0 N–H and O–H groups in total. The number of carbonyl (C=O) groups excluding carboxylic acids is 1. The first-order valence-electron chi connectivity index (χ1n) is 7.40. The van der Waals surface area contributed by atoms with Crippen LogP contribution in [0.2, 0.25) is 0 Å². The summed E-state index contributed by atoms with van der Waals surface area (Å²) in [6.07, 6.45) is 6.73. The maximum Gasteiger partial charge on any atom is 0.220 e. The van der Waals surface area contributed by atoms with Crippen molar-refractivity contribution >= 4 is 5.91 Å². The van der Waals surface area contributed by atoms with E-state index in [1.807, 2.05) is 35.2 Å². The van der Waals surface area contributed by atoms with Crippen LogP contribution in [-0.4, -0.2) is 27.3 Å². The summed E-state index contributed by atoms with van der Waals surface area (Å²) >= 11 is 0. The molecular weight excluding hydrogens is 262 g/mol. The molecule has 4 heteroatoms. The number of rotatable bonds is 2. The highest BCUT2D eigenvalue weighted by atomic mass is 16.2. The lowest BCUT2D eigenvalue weighted by Gasteiger charge is -2.34. The van der Waals surface area contributed by atoms with Crippen molar-refractivity contribution in [2.75, 3.05) is 6.54 Å². The Morgan fingerprint density at radius 2 is 2.00 bits per heavy atom. The fraction of sp³-hybridized carbons (Fsp3) is 0.353. The molecule has 1 aliphatic rings. The standard InChI is InChI=1S/C17H19N3O/c1-13(21)20-10-6-5-9-17(20)16-12-18-11-15(19-16)14-7-3-2-4-8-14/h2-4,7-8,11-12,17H,5-6,9-10H2,1H3. The summed E-state index contributed by atoms with van der Waals surface area (Å²) in [7, 11) is 0. The van der Waals surface area contributed by atoms with Crippen molar-refractivity contribution in [1.29, 1.82) is 0 Å². The number of carbonyl (C=O) groups is 1. The fourth-order valence-electron chi connectivity index (χ4n) is 2.91. The highest BCUT2D eigenvalue weighted by molar-refractivity contribution is 5.74. The maximum absolute atomic E-state index is 11.8. The number of amides is 1. The first kappa shape index (κ1) is 13.7. The van der Waals surface area contributed by atoms with E-state index >= 15 is 0 Å². The van der Waals surface area contributed by atoms with Gasteiger partial charge in [-0.05, 0) is 19.3 Å². The molecule has 1 unspecified atom stereocenters. The molecule has 0 radical (unpaired) electrons. The molecule has 2 aromatic rings. The highest BCUT2D eigenvalue weighted by Crippen LogP contribution is 2.30. The quantitative estimate of drug-likeness (QED) is 0.849. The molecule has 3 rings (SSSR count). The maximum atomic E-state index is 11.8. The van der Waals surface area contributed by atoms with Gasteiger partial charge in [-0.3, -0.25) is 9.78 Å². The van der Waals surface area contributed by atoms with E-state index in [0.717, 1.165) is 42.8 Å². The molecule has 1 saturated heterocycles. The van der Waals surface area contributed by atoms with Gasteiger partial charge in [0.25, 0.3) is 0 Å². The minimum Gasteiger partial charge on any atom is -0.334 e. The summed E-state index contributed by atoms with van der Waals surface area (Å²) in [5.74, 6) is 0.117. The van der Waals surface area contributed by atoms with Crippen molar-refractivity contribution in [1.82, 2.24) is 14.9 Å². The monoisotopic (exact) mass is 281 g/mol. The zero-order valence-corrected chi connectivity index (χ0v) is 12.2. The minimum atomic E-state index is 0.0624. The van der Waals surface area contributed by atoms with Gasteiger partial charge in [0, 0.05) is 19.0 Å². The first-order chi connectivity index (χ1) is 10.3. The first-order valence-corrected chi connectivity index (χ1v) is 7.40. The van der Waals surface area contributed by atoms with Crippen LogP contribution in [0.3, 0.4) is 0 Å². The van der Waals surface area contributed by atoms with Gasteiger partial charge in [0.05, 0.1) is 29.8 Å². The number of aromatic nitrogens is 2. The van der Waals surface area contributed by atoms with Crippen LogP contribution >= 0.6 is 0 Å². The molecule has 2 heterocycles. The molecule has 0 bridgehead atoms. The highest BCUT2D eigenvalue weighted by Gasteiger charge is 2.27. The average Bonchev–Trinajstić information content (AvgIpc) is 2.56. The molecule has 108 valence electrons. The Morgan fingerprint density at radius 3 is 2.76 bits per heavy atom.